The summed E-state index contributed by atoms with van der Waals surface area (Å²) in [4.78, 5) is 13.0. The SMILES string of the molecule is C=CCOc1ccc(C2C(C#N)=C(N)OC3=C2C(=O)CC(C)(C)C3)cc1OC. The number of methoxy groups -OCH3 is 1. The van der Waals surface area contributed by atoms with E-state index in [9.17, 15) is 10.1 Å². The minimum Gasteiger partial charge on any atom is -0.493 e. The molecule has 0 fully saturated rings. The molecule has 2 N–H and O–H groups in total. The fraction of sp³-hybridized carbons (Fsp3) is 0.364. The molecular weight excluding hydrogens is 356 g/mol. The maximum atomic E-state index is 13.0. The normalized spacial score (nSPS) is 20.8. The molecule has 146 valence electrons. The van der Waals surface area contributed by atoms with E-state index in [0.29, 0.717) is 42.3 Å². The van der Waals surface area contributed by atoms with Crippen molar-refractivity contribution in [2.75, 3.05) is 13.7 Å². The summed E-state index contributed by atoms with van der Waals surface area (Å²) in [6.07, 6.45) is 2.62. The number of nitrogens with zero attached hydrogens (tertiary/aromatic N) is 1. The molecule has 1 atom stereocenters. The Bertz CT molecular complexity index is 934. The van der Waals surface area contributed by atoms with Gasteiger partial charge >= 0.3 is 0 Å². The van der Waals surface area contributed by atoms with Gasteiger partial charge < -0.3 is 19.9 Å². The number of ketones is 1. The van der Waals surface area contributed by atoms with Gasteiger partial charge in [0.1, 0.15) is 24.0 Å². The molecule has 28 heavy (non-hydrogen) atoms. The van der Waals surface area contributed by atoms with Gasteiger partial charge in [0.2, 0.25) is 5.88 Å². The number of hydrogen-bond acceptors (Lipinski definition) is 6. The fourth-order valence-electron chi connectivity index (χ4n) is 3.75. The monoisotopic (exact) mass is 380 g/mol. The van der Waals surface area contributed by atoms with Crippen LogP contribution in [0, 0.1) is 16.7 Å². The molecule has 1 unspecified atom stereocenters. The molecule has 0 spiro atoms. The van der Waals surface area contributed by atoms with Crippen molar-refractivity contribution < 1.29 is 19.0 Å². The Morgan fingerprint density at radius 1 is 1.39 bits per heavy atom. The van der Waals surface area contributed by atoms with Gasteiger partial charge in [-0.3, -0.25) is 4.79 Å². The summed E-state index contributed by atoms with van der Waals surface area (Å²) >= 11 is 0. The lowest BCUT2D eigenvalue weighted by molar-refractivity contribution is -0.119. The number of hydrogen-bond donors (Lipinski definition) is 1. The summed E-state index contributed by atoms with van der Waals surface area (Å²) in [6, 6.07) is 7.47. The topological polar surface area (TPSA) is 94.6 Å². The third kappa shape index (κ3) is 3.48. The van der Waals surface area contributed by atoms with Gasteiger partial charge in [-0.2, -0.15) is 5.26 Å². The highest BCUT2D eigenvalue weighted by Gasteiger charge is 2.43. The predicted octanol–water partition coefficient (Wildman–Crippen LogP) is 3.71. The molecule has 3 rings (SSSR count). The first-order valence-electron chi connectivity index (χ1n) is 9.06. The number of nitrogens with two attached hydrogens (primary N) is 1. The average molecular weight is 380 g/mol. The minimum absolute atomic E-state index is 0.0255. The van der Waals surface area contributed by atoms with Gasteiger partial charge in [-0.25, -0.2) is 0 Å². The number of carbonyl (C=O) groups is 1. The molecule has 2 aliphatic rings. The van der Waals surface area contributed by atoms with Gasteiger partial charge in [-0.1, -0.05) is 32.6 Å². The maximum absolute atomic E-state index is 13.0. The summed E-state index contributed by atoms with van der Waals surface area (Å²) in [5.74, 6) is 1.05. The Hall–Kier alpha value is -3.20. The van der Waals surface area contributed by atoms with E-state index < -0.39 is 5.92 Å². The molecule has 6 nitrogen and oxygen atoms in total. The van der Waals surface area contributed by atoms with Crippen molar-refractivity contribution in [2.45, 2.75) is 32.6 Å². The second kappa shape index (κ2) is 7.43. The van der Waals surface area contributed by atoms with E-state index in [0.717, 1.165) is 5.56 Å². The van der Waals surface area contributed by atoms with Crippen LogP contribution in [-0.2, 0) is 9.53 Å². The fourth-order valence-corrected chi connectivity index (χ4v) is 3.75. The highest BCUT2D eigenvalue weighted by atomic mass is 16.5. The Morgan fingerprint density at radius 3 is 2.79 bits per heavy atom. The van der Waals surface area contributed by atoms with Crippen LogP contribution in [0.1, 0.15) is 38.2 Å². The van der Waals surface area contributed by atoms with Crippen LogP contribution in [0.25, 0.3) is 0 Å². The summed E-state index contributed by atoms with van der Waals surface area (Å²) in [5, 5.41) is 9.70. The van der Waals surface area contributed by atoms with Crippen molar-refractivity contribution in [3.63, 3.8) is 0 Å². The van der Waals surface area contributed by atoms with Crippen LogP contribution in [-0.4, -0.2) is 19.5 Å². The molecular formula is C22H24N2O4. The van der Waals surface area contributed by atoms with E-state index in [4.69, 9.17) is 19.9 Å². The van der Waals surface area contributed by atoms with Crippen LogP contribution in [0.5, 0.6) is 11.5 Å². The van der Waals surface area contributed by atoms with E-state index in [1.807, 2.05) is 19.9 Å². The lowest BCUT2D eigenvalue weighted by Crippen LogP contribution is -2.33. The number of rotatable bonds is 5. The Morgan fingerprint density at radius 2 is 2.14 bits per heavy atom. The number of carbonyl (C=O) groups excluding carboxylic acids is 1. The van der Waals surface area contributed by atoms with E-state index >= 15 is 0 Å². The first-order chi connectivity index (χ1) is 13.3. The number of ether oxygens (including phenoxy) is 3. The molecule has 0 aromatic heterocycles. The molecule has 1 heterocycles. The zero-order valence-corrected chi connectivity index (χ0v) is 16.4. The largest absolute Gasteiger partial charge is 0.493 e. The van der Waals surface area contributed by atoms with Crippen molar-refractivity contribution in [3.8, 4) is 17.6 Å². The second-order valence-electron chi connectivity index (χ2n) is 7.71. The highest BCUT2D eigenvalue weighted by Crippen LogP contribution is 2.48. The van der Waals surface area contributed by atoms with Crippen molar-refractivity contribution >= 4 is 5.78 Å². The van der Waals surface area contributed by atoms with Crippen LogP contribution in [0.15, 0.2) is 53.6 Å². The van der Waals surface area contributed by atoms with Gasteiger partial charge in [-0.05, 0) is 23.1 Å². The quantitative estimate of drug-likeness (QED) is 0.783. The molecule has 6 heteroatoms. The van der Waals surface area contributed by atoms with Crippen molar-refractivity contribution in [3.05, 3.63) is 59.2 Å². The summed E-state index contributed by atoms with van der Waals surface area (Å²) < 4.78 is 16.8. The zero-order chi connectivity index (χ0) is 20.5. The van der Waals surface area contributed by atoms with Gasteiger partial charge in [-0.15, -0.1) is 0 Å². The van der Waals surface area contributed by atoms with Crippen LogP contribution in [0.3, 0.4) is 0 Å². The van der Waals surface area contributed by atoms with Crippen molar-refractivity contribution in [1.82, 2.24) is 0 Å². The van der Waals surface area contributed by atoms with E-state index in [2.05, 4.69) is 12.6 Å². The van der Waals surface area contributed by atoms with Crippen molar-refractivity contribution in [1.29, 1.82) is 5.26 Å². The lowest BCUT2D eigenvalue weighted by atomic mass is 9.70. The van der Waals surface area contributed by atoms with Gasteiger partial charge in [0, 0.05) is 18.4 Å². The summed E-state index contributed by atoms with van der Waals surface area (Å²) in [5.41, 5.74) is 7.29. The van der Waals surface area contributed by atoms with E-state index in [1.54, 1.807) is 18.2 Å². The van der Waals surface area contributed by atoms with Gasteiger partial charge in [0.25, 0.3) is 0 Å². The highest BCUT2D eigenvalue weighted by molar-refractivity contribution is 6.00. The number of allylic oxidation sites excluding steroid dienone is 3. The van der Waals surface area contributed by atoms with Gasteiger partial charge in [0.15, 0.2) is 17.3 Å². The second-order valence-corrected chi connectivity index (χ2v) is 7.71. The molecule has 1 aromatic rings. The standard InChI is InChI=1S/C22H24N2O4/c1-5-8-27-16-7-6-13(9-17(16)26-4)19-14(12-23)21(24)28-18-11-22(2,3)10-15(25)20(18)19/h5-7,9,19H,1,8,10-11,24H2,2-4H3. The molecule has 0 saturated carbocycles. The zero-order valence-electron chi connectivity index (χ0n) is 16.4. The number of benzene rings is 1. The third-order valence-corrected chi connectivity index (χ3v) is 4.95. The molecule has 0 amide bonds. The Balaban J connectivity index is 2.12. The first kappa shape index (κ1) is 19.6. The van der Waals surface area contributed by atoms with Crippen LogP contribution < -0.4 is 15.2 Å². The maximum Gasteiger partial charge on any atom is 0.205 e. The first-order valence-corrected chi connectivity index (χ1v) is 9.06. The Labute approximate surface area is 164 Å². The number of Topliss-reactive ketones (excluding diaryl/α,β-unsaturated/α-hetero) is 1. The van der Waals surface area contributed by atoms with E-state index in [-0.39, 0.29) is 22.7 Å². The molecule has 1 aromatic carbocycles. The average Bonchev–Trinajstić information content (AvgIpc) is 2.64. The molecule has 1 aliphatic heterocycles. The summed E-state index contributed by atoms with van der Waals surface area (Å²) in [6.45, 7) is 8.01. The van der Waals surface area contributed by atoms with Crippen LogP contribution in [0.2, 0.25) is 0 Å². The predicted molar refractivity (Wildman–Crippen MR) is 104 cm³/mol. The lowest BCUT2D eigenvalue weighted by Gasteiger charge is -2.37. The minimum atomic E-state index is -0.584. The number of nitriles is 1. The van der Waals surface area contributed by atoms with Crippen LogP contribution in [0.4, 0.5) is 0 Å². The van der Waals surface area contributed by atoms with Crippen molar-refractivity contribution in [2.24, 2.45) is 11.1 Å². The van der Waals surface area contributed by atoms with Crippen LogP contribution >= 0.6 is 0 Å². The third-order valence-electron chi connectivity index (χ3n) is 4.95. The smallest absolute Gasteiger partial charge is 0.205 e. The van der Waals surface area contributed by atoms with Gasteiger partial charge in [0.05, 0.1) is 13.0 Å². The molecule has 0 bridgehead atoms. The molecule has 1 aliphatic carbocycles. The molecule has 0 saturated heterocycles. The van der Waals surface area contributed by atoms with E-state index in [1.165, 1.54) is 7.11 Å². The Kier molecular flexibility index (Phi) is 5.19. The summed E-state index contributed by atoms with van der Waals surface area (Å²) in [7, 11) is 1.54. The molecule has 0 radical (unpaired) electrons.